The Morgan fingerprint density at radius 2 is 2.23 bits per heavy atom. The van der Waals surface area contributed by atoms with E-state index < -0.39 is 0 Å². The number of nitrogens with zero attached hydrogens (tertiary/aromatic N) is 1. The molecule has 1 aliphatic rings. The quantitative estimate of drug-likeness (QED) is 0.760. The van der Waals surface area contributed by atoms with Crippen molar-refractivity contribution in [3.8, 4) is 0 Å². The van der Waals surface area contributed by atoms with Crippen molar-refractivity contribution in [2.24, 2.45) is 0 Å². The Morgan fingerprint density at radius 3 is 3.00 bits per heavy atom. The van der Waals surface area contributed by atoms with Crippen molar-refractivity contribution in [1.82, 2.24) is 5.16 Å². The zero-order valence-electron chi connectivity index (χ0n) is 6.96. The standard InChI is InChI=1S/C10H8BrNO/c11-7-2-1-3-8-9(7)10(12-13-8)6-4-5-6/h1-3,6H,4-5H2. The van der Waals surface area contributed by atoms with E-state index in [1.165, 1.54) is 12.8 Å². The van der Waals surface area contributed by atoms with Gasteiger partial charge in [0.1, 0.15) is 0 Å². The maximum atomic E-state index is 5.25. The number of hydrogen-bond donors (Lipinski definition) is 0. The maximum absolute atomic E-state index is 5.25. The van der Waals surface area contributed by atoms with Gasteiger partial charge in [0.15, 0.2) is 5.58 Å². The van der Waals surface area contributed by atoms with E-state index >= 15 is 0 Å². The van der Waals surface area contributed by atoms with Gasteiger partial charge in [-0.1, -0.05) is 11.2 Å². The number of hydrogen-bond acceptors (Lipinski definition) is 2. The predicted octanol–water partition coefficient (Wildman–Crippen LogP) is 3.47. The molecule has 0 N–H and O–H groups in total. The minimum Gasteiger partial charge on any atom is -0.356 e. The van der Waals surface area contributed by atoms with Crippen molar-refractivity contribution in [3.05, 3.63) is 28.4 Å². The molecular weight excluding hydrogens is 230 g/mol. The van der Waals surface area contributed by atoms with Gasteiger partial charge in [0, 0.05) is 10.4 Å². The Kier molecular flexibility index (Phi) is 1.50. The van der Waals surface area contributed by atoms with Crippen molar-refractivity contribution < 1.29 is 4.52 Å². The van der Waals surface area contributed by atoms with Gasteiger partial charge < -0.3 is 4.52 Å². The molecule has 0 radical (unpaired) electrons. The number of aromatic nitrogens is 1. The fourth-order valence-corrected chi connectivity index (χ4v) is 2.16. The lowest BCUT2D eigenvalue weighted by molar-refractivity contribution is 0.446. The topological polar surface area (TPSA) is 26.0 Å². The number of benzene rings is 1. The third-order valence-corrected chi connectivity index (χ3v) is 3.10. The smallest absolute Gasteiger partial charge is 0.168 e. The zero-order valence-corrected chi connectivity index (χ0v) is 8.54. The lowest BCUT2D eigenvalue weighted by Crippen LogP contribution is -1.79. The Balaban J connectivity index is 2.34. The summed E-state index contributed by atoms with van der Waals surface area (Å²) in [6.07, 6.45) is 2.51. The average Bonchev–Trinajstić information content (AvgIpc) is 2.87. The van der Waals surface area contributed by atoms with Crippen LogP contribution in [0.3, 0.4) is 0 Å². The molecule has 1 aromatic heterocycles. The van der Waals surface area contributed by atoms with Gasteiger partial charge in [0.25, 0.3) is 0 Å². The van der Waals surface area contributed by atoms with E-state index in [9.17, 15) is 0 Å². The largest absolute Gasteiger partial charge is 0.356 e. The summed E-state index contributed by atoms with van der Waals surface area (Å²) >= 11 is 3.52. The molecule has 0 unspecified atom stereocenters. The van der Waals surface area contributed by atoms with E-state index in [-0.39, 0.29) is 0 Å². The van der Waals surface area contributed by atoms with Gasteiger partial charge in [0.2, 0.25) is 0 Å². The summed E-state index contributed by atoms with van der Waals surface area (Å²) in [5, 5.41) is 5.27. The number of rotatable bonds is 1. The van der Waals surface area contributed by atoms with Crippen LogP contribution in [0.2, 0.25) is 0 Å². The monoisotopic (exact) mass is 237 g/mol. The summed E-state index contributed by atoms with van der Waals surface area (Å²) in [6.45, 7) is 0. The molecule has 1 heterocycles. The molecule has 66 valence electrons. The molecule has 3 heteroatoms. The summed E-state index contributed by atoms with van der Waals surface area (Å²) in [5.41, 5.74) is 2.01. The summed E-state index contributed by atoms with van der Waals surface area (Å²) in [5.74, 6) is 0.639. The fraction of sp³-hybridized carbons (Fsp3) is 0.300. The van der Waals surface area contributed by atoms with Crippen LogP contribution in [0.4, 0.5) is 0 Å². The first-order chi connectivity index (χ1) is 6.36. The second-order valence-corrected chi connectivity index (χ2v) is 4.31. The number of halogens is 1. The van der Waals surface area contributed by atoms with E-state index in [2.05, 4.69) is 21.1 Å². The van der Waals surface area contributed by atoms with Gasteiger partial charge in [-0.2, -0.15) is 0 Å². The highest BCUT2D eigenvalue weighted by atomic mass is 79.9. The van der Waals surface area contributed by atoms with Crippen molar-refractivity contribution in [2.45, 2.75) is 18.8 Å². The van der Waals surface area contributed by atoms with Gasteiger partial charge >= 0.3 is 0 Å². The molecule has 13 heavy (non-hydrogen) atoms. The van der Waals surface area contributed by atoms with Crippen LogP contribution in [0.25, 0.3) is 11.0 Å². The van der Waals surface area contributed by atoms with Gasteiger partial charge in [-0.05, 0) is 40.9 Å². The molecule has 3 rings (SSSR count). The van der Waals surface area contributed by atoms with Gasteiger partial charge in [-0.25, -0.2) is 0 Å². The fourth-order valence-electron chi connectivity index (χ4n) is 1.61. The molecule has 1 saturated carbocycles. The molecule has 0 saturated heterocycles. The van der Waals surface area contributed by atoms with Crippen LogP contribution < -0.4 is 0 Å². The first-order valence-electron chi connectivity index (χ1n) is 4.40. The highest BCUT2D eigenvalue weighted by molar-refractivity contribution is 9.10. The first-order valence-corrected chi connectivity index (χ1v) is 5.19. The predicted molar refractivity (Wildman–Crippen MR) is 53.7 cm³/mol. The minimum absolute atomic E-state index is 0.639. The van der Waals surface area contributed by atoms with E-state index in [1.54, 1.807) is 0 Å². The lowest BCUT2D eigenvalue weighted by atomic mass is 10.1. The zero-order chi connectivity index (χ0) is 8.84. The Bertz CT molecular complexity index is 459. The van der Waals surface area contributed by atoms with Crippen molar-refractivity contribution in [2.75, 3.05) is 0 Å². The first kappa shape index (κ1) is 7.56. The van der Waals surface area contributed by atoms with Crippen molar-refractivity contribution in [3.63, 3.8) is 0 Å². The molecule has 1 aliphatic carbocycles. The molecule has 0 aliphatic heterocycles. The third kappa shape index (κ3) is 1.10. The van der Waals surface area contributed by atoms with Crippen LogP contribution in [-0.2, 0) is 0 Å². The Labute approximate surface area is 84.0 Å². The van der Waals surface area contributed by atoms with E-state index in [4.69, 9.17) is 4.52 Å². The van der Waals surface area contributed by atoms with Crippen LogP contribution in [0.1, 0.15) is 24.5 Å². The molecule has 0 amide bonds. The van der Waals surface area contributed by atoms with E-state index in [1.807, 2.05) is 18.2 Å². The molecule has 0 atom stereocenters. The maximum Gasteiger partial charge on any atom is 0.168 e. The van der Waals surface area contributed by atoms with Gasteiger partial charge in [-0.3, -0.25) is 0 Å². The molecule has 1 fully saturated rings. The van der Waals surface area contributed by atoms with E-state index in [0.29, 0.717) is 5.92 Å². The minimum atomic E-state index is 0.639. The molecular formula is C10H8BrNO. The van der Waals surface area contributed by atoms with Crippen LogP contribution in [0.15, 0.2) is 27.2 Å². The van der Waals surface area contributed by atoms with Crippen molar-refractivity contribution >= 4 is 26.9 Å². The lowest BCUT2D eigenvalue weighted by Gasteiger charge is -1.93. The van der Waals surface area contributed by atoms with Crippen LogP contribution in [0.5, 0.6) is 0 Å². The Morgan fingerprint density at radius 1 is 1.38 bits per heavy atom. The second kappa shape index (κ2) is 2.58. The molecule has 0 spiro atoms. The highest BCUT2D eigenvalue weighted by Crippen LogP contribution is 2.44. The molecule has 2 aromatic rings. The summed E-state index contributed by atoms with van der Waals surface area (Å²) < 4.78 is 6.34. The molecule has 2 nitrogen and oxygen atoms in total. The second-order valence-electron chi connectivity index (χ2n) is 3.46. The molecule has 0 bridgehead atoms. The van der Waals surface area contributed by atoms with E-state index in [0.717, 1.165) is 21.1 Å². The Hall–Kier alpha value is -0.830. The summed E-state index contributed by atoms with van der Waals surface area (Å²) in [4.78, 5) is 0. The normalized spacial score (nSPS) is 16.7. The molecule has 1 aromatic carbocycles. The van der Waals surface area contributed by atoms with Crippen molar-refractivity contribution in [1.29, 1.82) is 0 Å². The highest BCUT2D eigenvalue weighted by Gasteiger charge is 2.29. The third-order valence-electron chi connectivity index (χ3n) is 2.44. The summed E-state index contributed by atoms with van der Waals surface area (Å²) in [7, 11) is 0. The SMILES string of the molecule is Brc1cccc2onc(C3CC3)c12. The number of fused-ring (bicyclic) bond motifs is 1. The average molecular weight is 238 g/mol. The van der Waals surface area contributed by atoms with Gasteiger partial charge in [0.05, 0.1) is 11.1 Å². The van der Waals surface area contributed by atoms with Gasteiger partial charge in [-0.15, -0.1) is 0 Å². The van der Waals surface area contributed by atoms with Crippen LogP contribution in [0, 0.1) is 0 Å². The summed E-state index contributed by atoms with van der Waals surface area (Å²) in [6, 6.07) is 5.96. The van der Waals surface area contributed by atoms with Crippen LogP contribution in [-0.4, -0.2) is 5.16 Å². The van der Waals surface area contributed by atoms with Crippen LogP contribution >= 0.6 is 15.9 Å².